The first kappa shape index (κ1) is 31.9. The van der Waals surface area contributed by atoms with Gasteiger partial charge < -0.3 is 15.0 Å². The number of carbonyl (C=O) groups excluding carboxylic acids is 2. The summed E-state index contributed by atoms with van der Waals surface area (Å²) < 4.78 is 47.8. The number of anilines is 1. The number of nitrogens with one attached hydrogen (secondary N) is 1. The molecule has 3 aromatic rings. The van der Waals surface area contributed by atoms with Crippen molar-refractivity contribution in [3.05, 3.63) is 89.2 Å². The second kappa shape index (κ2) is 13.4. The van der Waals surface area contributed by atoms with Gasteiger partial charge in [0, 0.05) is 17.1 Å². The van der Waals surface area contributed by atoms with Gasteiger partial charge in [0.05, 0.1) is 17.2 Å². The third-order valence-corrected chi connectivity index (χ3v) is 8.24. The second-order valence-electron chi connectivity index (χ2n) is 10.4. The van der Waals surface area contributed by atoms with Crippen LogP contribution in [0.5, 0.6) is 5.75 Å². The molecular formula is C30H35ClFN3O5S. The third kappa shape index (κ3) is 8.43. The van der Waals surface area contributed by atoms with E-state index in [0.717, 1.165) is 16.4 Å². The molecule has 8 nitrogen and oxygen atoms in total. The third-order valence-electron chi connectivity index (χ3n) is 6.08. The van der Waals surface area contributed by atoms with Gasteiger partial charge in [-0.1, -0.05) is 29.8 Å². The quantitative estimate of drug-likeness (QED) is 0.316. The predicted molar refractivity (Wildman–Crippen MR) is 158 cm³/mol. The summed E-state index contributed by atoms with van der Waals surface area (Å²) in [5, 5.41) is 3.26. The normalized spacial score (nSPS) is 12.4. The summed E-state index contributed by atoms with van der Waals surface area (Å²) in [6.45, 7) is 8.54. The first-order chi connectivity index (χ1) is 19.2. The molecule has 1 unspecified atom stereocenters. The Morgan fingerprint density at radius 2 is 1.61 bits per heavy atom. The zero-order valence-corrected chi connectivity index (χ0v) is 25.3. The lowest BCUT2D eigenvalue weighted by atomic mass is 10.1. The lowest BCUT2D eigenvalue weighted by Gasteiger charge is -2.33. The smallest absolute Gasteiger partial charge is 0.264 e. The molecule has 0 aliphatic rings. The molecule has 0 radical (unpaired) electrons. The van der Waals surface area contributed by atoms with Gasteiger partial charge in [-0.3, -0.25) is 13.9 Å². The molecule has 0 aliphatic carbocycles. The maximum Gasteiger partial charge on any atom is 0.264 e. The highest BCUT2D eigenvalue weighted by Crippen LogP contribution is 2.27. The van der Waals surface area contributed by atoms with E-state index in [1.165, 1.54) is 41.3 Å². The molecule has 0 spiro atoms. The second-order valence-corrected chi connectivity index (χ2v) is 12.7. The molecule has 3 rings (SSSR count). The lowest BCUT2D eigenvalue weighted by molar-refractivity contribution is -0.140. The van der Waals surface area contributed by atoms with Gasteiger partial charge in [0.15, 0.2) is 0 Å². The fourth-order valence-corrected chi connectivity index (χ4v) is 5.61. The number of ether oxygens (including phenoxy) is 1. The average Bonchev–Trinajstić information content (AvgIpc) is 2.91. The fourth-order valence-electron chi connectivity index (χ4n) is 4.00. The first-order valence-electron chi connectivity index (χ1n) is 13.1. The Bertz CT molecular complexity index is 1460. The molecule has 1 N–H and O–H groups in total. The summed E-state index contributed by atoms with van der Waals surface area (Å²) in [6.07, 6.45) is 0. The van der Waals surface area contributed by atoms with E-state index in [2.05, 4.69) is 5.32 Å². The van der Waals surface area contributed by atoms with Crippen molar-refractivity contribution in [3.63, 3.8) is 0 Å². The average molecular weight is 604 g/mol. The van der Waals surface area contributed by atoms with Gasteiger partial charge >= 0.3 is 0 Å². The Kier molecular flexibility index (Phi) is 10.4. The molecule has 0 bridgehead atoms. The number of rotatable bonds is 11. The van der Waals surface area contributed by atoms with Crippen LogP contribution in [0.1, 0.15) is 40.2 Å². The highest BCUT2D eigenvalue weighted by molar-refractivity contribution is 7.92. The Morgan fingerprint density at radius 1 is 1.00 bits per heavy atom. The number of halogens is 2. The van der Waals surface area contributed by atoms with Crippen LogP contribution in [0.25, 0.3) is 0 Å². The number of amides is 2. The van der Waals surface area contributed by atoms with Crippen molar-refractivity contribution >= 4 is 39.1 Å². The molecule has 0 saturated carbocycles. The number of benzene rings is 3. The molecule has 1 atom stereocenters. The highest BCUT2D eigenvalue weighted by Gasteiger charge is 2.33. The van der Waals surface area contributed by atoms with Crippen LogP contribution in [0.2, 0.25) is 5.02 Å². The molecule has 0 aromatic heterocycles. The molecule has 0 aliphatic heterocycles. The molecule has 11 heteroatoms. The van der Waals surface area contributed by atoms with E-state index >= 15 is 0 Å². The zero-order valence-electron chi connectivity index (χ0n) is 23.7. The standard InChI is InChI=1S/C30H35ClFN3O5S/c1-6-40-25-15-17-26(18-16-25)41(38,39)35(24-13-11-23(32)12-14-24)20-28(36)34(19-22-9-7-8-10-27(22)31)21(2)29(37)33-30(3,4)5/h7-18,21H,6,19-20H2,1-5H3,(H,33,37). The summed E-state index contributed by atoms with van der Waals surface area (Å²) in [6, 6.07) is 16.5. The van der Waals surface area contributed by atoms with E-state index in [4.69, 9.17) is 16.3 Å². The minimum absolute atomic E-state index is 0.0441. The topological polar surface area (TPSA) is 96.0 Å². The molecule has 220 valence electrons. The van der Waals surface area contributed by atoms with Crippen molar-refractivity contribution in [2.24, 2.45) is 0 Å². The van der Waals surface area contributed by atoms with Crippen molar-refractivity contribution in [1.82, 2.24) is 10.2 Å². The van der Waals surface area contributed by atoms with Gasteiger partial charge in [0.2, 0.25) is 11.8 Å². The first-order valence-corrected chi connectivity index (χ1v) is 14.9. The van der Waals surface area contributed by atoms with Crippen molar-refractivity contribution in [2.75, 3.05) is 17.5 Å². The van der Waals surface area contributed by atoms with E-state index in [-0.39, 0.29) is 17.1 Å². The van der Waals surface area contributed by atoms with Crippen molar-refractivity contribution in [3.8, 4) is 5.75 Å². The van der Waals surface area contributed by atoms with Crippen molar-refractivity contribution in [2.45, 2.75) is 57.6 Å². The molecule has 0 saturated heterocycles. The molecule has 0 heterocycles. The summed E-state index contributed by atoms with van der Waals surface area (Å²) in [4.78, 5) is 28.3. The Morgan fingerprint density at radius 3 is 2.17 bits per heavy atom. The Hall–Kier alpha value is -3.63. The molecule has 2 amide bonds. The Balaban J connectivity index is 2.04. The monoisotopic (exact) mass is 603 g/mol. The molecule has 3 aromatic carbocycles. The minimum atomic E-state index is -4.30. The highest BCUT2D eigenvalue weighted by atomic mass is 35.5. The van der Waals surface area contributed by atoms with E-state index in [9.17, 15) is 22.4 Å². The van der Waals surface area contributed by atoms with Crippen molar-refractivity contribution < 1.29 is 27.1 Å². The molecule has 0 fully saturated rings. The lowest BCUT2D eigenvalue weighted by Crippen LogP contribution is -2.54. The van der Waals surface area contributed by atoms with Crippen molar-refractivity contribution in [1.29, 1.82) is 0 Å². The van der Waals surface area contributed by atoms with Gasteiger partial charge in [-0.2, -0.15) is 0 Å². The van der Waals surface area contributed by atoms with Gasteiger partial charge in [0.25, 0.3) is 10.0 Å². The minimum Gasteiger partial charge on any atom is -0.494 e. The summed E-state index contributed by atoms with van der Waals surface area (Å²) in [7, 11) is -4.30. The zero-order chi connectivity index (χ0) is 30.4. The van der Waals surface area contributed by atoms with E-state index in [0.29, 0.717) is 22.9 Å². The van der Waals surface area contributed by atoms with Gasteiger partial charge in [-0.15, -0.1) is 0 Å². The van der Waals surface area contributed by atoms with Crippen LogP contribution < -0.4 is 14.4 Å². The summed E-state index contributed by atoms with van der Waals surface area (Å²) >= 11 is 6.38. The fraction of sp³-hybridized carbons (Fsp3) is 0.333. The van der Waals surface area contributed by atoms with E-state index in [1.54, 1.807) is 31.2 Å². The number of hydrogen-bond donors (Lipinski definition) is 1. The van der Waals surface area contributed by atoms with Gasteiger partial charge in [-0.05, 0) is 94.8 Å². The van der Waals surface area contributed by atoms with Crippen LogP contribution in [0, 0.1) is 5.82 Å². The van der Waals surface area contributed by atoms with Crippen LogP contribution in [-0.4, -0.2) is 49.9 Å². The predicted octanol–water partition coefficient (Wildman–Crippen LogP) is 5.41. The molecule has 41 heavy (non-hydrogen) atoms. The van der Waals surface area contributed by atoms with Crippen LogP contribution >= 0.6 is 11.6 Å². The van der Waals surface area contributed by atoms with Crippen LogP contribution in [0.4, 0.5) is 10.1 Å². The number of carbonyl (C=O) groups is 2. The SMILES string of the molecule is CCOc1ccc(S(=O)(=O)N(CC(=O)N(Cc2ccccc2Cl)C(C)C(=O)NC(C)(C)C)c2ccc(F)cc2)cc1. The number of hydrogen-bond acceptors (Lipinski definition) is 5. The van der Waals surface area contributed by atoms with E-state index < -0.39 is 45.8 Å². The maximum absolute atomic E-state index is 13.9. The van der Waals surface area contributed by atoms with E-state index in [1.807, 2.05) is 27.7 Å². The van der Waals surface area contributed by atoms with Gasteiger partial charge in [0.1, 0.15) is 24.2 Å². The number of sulfonamides is 1. The maximum atomic E-state index is 13.9. The van der Waals surface area contributed by atoms with Crippen LogP contribution in [0.3, 0.4) is 0 Å². The van der Waals surface area contributed by atoms with Gasteiger partial charge in [-0.25, -0.2) is 12.8 Å². The molecular weight excluding hydrogens is 569 g/mol. The largest absolute Gasteiger partial charge is 0.494 e. The summed E-state index contributed by atoms with van der Waals surface area (Å²) in [5.41, 5.74) is 0.0976. The number of nitrogens with zero attached hydrogens (tertiary/aromatic N) is 2. The summed E-state index contributed by atoms with van der Waals surface area (Å²) in [5.74, 6) is -1.15. The van der Waals surface area contributed by atoms with Crippen LogP contribution in [0.15, 0.2) is 77.7 Å². The van der Waals surface area contributed by atoms with Crippen LogP contribution in [-0.2, 0) is 26.2 Å². The Labute approximate surface area is 246 Å².